The molecule has 1 aromatic carbocycles. The average Bonchev–Trinajstić information content (AvgIpc) is 2.75. The summed E-state index contributed by atoms with van der Waals surface area (Å²) in [5.41, 5.74) is -0.538. The summed E-state index contributed by atoms with van der Waals surface area (Å²) in [6.07, 6.45) is 0. The van der Waals surface area contributed by atoms with Gasteiger partial charge in [0, 0.05) is 31.3 Å². The van der Waals surface area contributed by atoms with Crippen molar-refractivity contribution in [3.8, 4) is 5.75 Å². The van der Waals surface area contributed by atoms with E-state index in [-0.39, 0.29) is 16.9 Å². The first-order chi connectivity index (χ1) is 14.9. The van der Waals surface area contributed by atoms with Gasteiger partial charge in [-0.1, -0.05) is 38.6 Å². The third-order valence-electron chi connectivity index (χ3n) is 4.93. The molecule has 0 aliphatic carbocycles. The molecular formula is C22H27N5O4S. The van der Waals surface area contributed by atoms with E-state index >= 15 is 0 Å². The van der Waals surface area contributed by atoms with E-state index in [9.17, 15) is 14.4 Å². The number of nitrogens with zero attached hydrogens (tertiary/aromatic N) is 4. The highest BCUT2D eigenvalue weighted by atomic mass is 32.2. The molecule has 1 N–H and O–H groups in total. The number of benzene rings is 1. The standard InChI is InChI=1S/C22H27N5O4S/c1-12(17(28)23-13-9-8-10-14(11-13)31-7)32-18-15-16(24-20(25-18)22(2,3)4)26(5)21(30)27(6)19(15)29/h8-12H,1-7H3,(H,23,28)/t12-/m1/s1. The van der Waals surface area contributed by atoms with Crippen LogP contribution in [-0.2, 0) is 24.3 Å². The van der Waals surface area contributed by atoms with Crippen molar-refractivity contribution in [3.05, 3.63) is 50.9 Å². The van der Waals surface area contributed by atoms with Gasteiger partial charge in [-0.25, -0.2) is 14.8 Å². The number of rotatable bonds is 5. The summed E-state index contributed by atoms with van der Waals surface area (Å²) in [7, 11) is 4.53. The molecule has 1 atom stereocenters. The summed E-state index contributed by atoms with van der Waals surface area (Å²) >= 11 is 1.15. The number of thioether (sulfide) groups is 1. The molecule has 2 heterocycles. The van der Waals surface area contributed by atoms with Crippen molar-refractivity contribution in [1.29, 1.82) is 0 Å². The molecule has 10 heteroatoms. The number of nitrogens with one attached hydrogen (secondary N) is 1. The number of hydrogen-bond donors (Lipinski definition) is 1. The smallest absolute Gasteiger partial charge is 0.332 e. The lowest BCUT2D eigenvalue weighted by atomic mass is 9.96. The lowest BCUT2D eigenvalue weighted by Gasteiger charge is -2.20. The molecule has 0 unspecified atom stereocenters. The van der Waals surface area contributed by atoms with Gasteiger partial charge in [-0.15, -0.1) is 0 Å². The molecular weight excluding hydrogens is 430 g/mol. The quantitative estimate of drug-likeness (QED) is 0.463. The van der Waals surface area contributed by atoms with Crippen LogP contribution < -0.4 is 21.3 Å². The molecule has 170 valence electrons. The van der Waals surface area contributed by atoms with Crippen LogP contribution in [0.3, 0.4) is 0 Å². The number of methoxy groups -OCH3 is 1. The molecule has 0 aliphatic rings. The van der Waals surface area contributed by atoms with E-state index in [2.05, 4.69) is 15.3 Å². The number of carbonyl (C=O) groups excluding carboxylic acids is 1. The van der Waals surface area contributed by atoms with Gasteiger partial charge in [0.15, 0.2) is 5.65 Å². The highest BCUT2D eigenvalue weighted by Gasteiger charge is 2.26. The van der Waals surface area contributed by atoms with Crippen molar-refractivity contribution in [1.82, 2.24) is 19.1 Å². The molecule has 3 aromatic rings. The van der Waals surface area contributed by atoms with Crippen LogP contribution in [0.5, 0.6) is 5.75 Å². The second-order valence-electron chi connectivity index (χ2n) is 8.49. The lowest BCUT2D eigenvalue weighted by Crippen LogP contribution is -2.38. The zero-order valence-electron chi connectivity index (χ0n) is 19.2. The zero-order valence-corrected chi connectivity index (χ0v) is 20.0. The topological polar surface area (TPSA) is 108 Å². The van der Waals surface area contributed by atoms with E-state index in [1.54, 1.807) is 45.3 Å². The number of carbonyl (C=O) groups is 1. The van der Waals surface area contributed by atoms with Crippen LogP contribution in [0.25, 0.3) is 11.0 Å². The van der Waals surface area contributed by atoms with Crippen molar-refractivity contribution in [2.45, 2.75) is 43.4 Å². The van der Waals surface area contributed by atoms with Gasteiger partial charge in [0.2, 0.25) is 5.91 Å². The zero-order chi connectivity index (χ0) is 23.8. The van der Waals surface area contributed by atoms with Crippen LogP contribution in [0.15, 0.2) is 38.9 Å². The third kappa shape index (κ3) is 4.55. The molecule has 32 heavy (non-hydrogen) atoms. The predicted octanol–water partition coefficient (Wildman–Crippen LogP) is 2.45. The fraction of sp³-hybridized carbons (Fsp3) is 0.409. The van der Waals surface area contributed by atoms with Crippen LogP contribution in [0.4, 0.5) is 5.69 Å². The number of aryl methyl sites for hydroxylation is 1. The van der Waals surface area contributed by atoms with Crippen molar-refractivity contribution in [2.75, 3.05) is 12.4 Å². The van der Waals surface area contributed by atoms with Crippen molar-refractivity contribution in [2.24, 2.45) is 14.1 Å². The molecule has 0 fully saturated rings. The maximum atomic E-state index is 12.9. The molecule has 1 amide bonds. The van der Waals surface area contributed by atoms with Gasteiger partial charge in [-0.3, -0.25) is 18.7 Å². The predicted molar refractivity (Wildman–Crippen MR) is 126 cm³/mol. The Morgan fingerprint density at radius 2 is 1.84 bits per heavy atom. The van der Waals surface area contributed by atoms with Gasteiger partial charge in [0.05, 0.1) is 12.4 Å². The Hall–Kier alpha value is -3.14. The van der Waals surface area contributed by atoms with Gasteiger partial charge >= 0.3 is 5.69 Å². The molecule has 0 saturated carbocycles. The summed E-state index contributed by atoms with van der Waals surface area (Å²) in [6, 6.07) is 7.05. The van der Waals surface area contributed by atoms with Gasteiger partial charge in [-0.05, 0) is 19.1 Å². The van der Waals surface area contributed by atoms with Crippen molar-refractivity contribution < 1.29 is 9.53 Å². The Morgan fingerprint density at radius 1 is 1.16 bits per heavy atom. The summed E-state index contributed by atoms with van der Waals surface area (Å²) in [5, 5.41) is 2.86. The van der Waals surface area contributed by atoms with E-state index in [1.165, 1.54) is 11.6 Å². The molecule has 0 bridgehead atoms. The van der Waals surface area contributed by atoms with Gasteiger partial charge in [-0.2, -0.15) is 0 Å². The minimum atomic E-state index is -0.575. The number of anilines is 1. The largest absolute Gasteiger partial charge is 0.497 e. The molecule has 0 spiro atoms. The Morgan fingerprint density at radius 3 is 2.47 bits per heavy atom. The first-order valence-electron chi connectivity index (χ1n) is 10.0. The van der Waals surface area contributed by atoms with Gasteiger partial charge in [0.1, 0.15) is 22.0 Å². The number of ether oxygens (including phenoxy) is 1. The SMILES string of the molecule is COc1cccc(NC(=O)[C@@H](C)Sc2nc(C(C)(C)C)nc3c2c(=O)n(C)c(=O)n3C)c1. The highest BCUT2D eigenvalue weighted by Crippen LogP contribution is 2.30. The first-order valence-corrected chi connectivity index (χ1v) is 10.9. The molecule has 9 nitrogen and oxygen atoms in total. The van der Waals surface area contributed by atoms with E-state index in [4.69, 9.17) is 4.74 Å². The summed E-state index contributed by atoms with van der Waals surface area (Å²) < 4.78 is 7.55. The van der Waals surface area contributed by atoms with Crippen LogP contribution in [0, 0.1) is 0 Å². The first kappa shape index (κ1) is 23.5. The van der Waals surface area contributed by atoms with Crippen LogP contribution in [0.2, 0.25) is 0 Å². The van der Waals surface area contributed by atoms with Crippen LogP contribution in [-0.4, -0.2) is 37.4 Å². The fourth-order valence-corrected chi connectivity index (χ4v) is 3.95. The number of hydrogen-bond acceptors (Lipinski definition) is 7. The summed E-state index contributed by atoms with van der Waals surface area (Å²) in [6.45, 7) is 7.57. The second-order valence-corrected chi connectivity index (χ2v) is 9.82. The fourth-order valence-electron chi connectivity index (χ4n) is 3.02. The summed E-state index contributed by atoms with van der Waals surface area (Å²) in [4.78, 5) is 47.4. The number of amides is 1. The monoisotopic (exact) mass is 457 g/mol. The maximum absolute atomic E-state index is 12.9. The van der Waals surface area contributed by atoms with Crippen LogP contribution >= 0.6 is 11.8 Å². The lowest BCUT2D eigenvalue weighted by molar-refractivity contribution is -0.115. The van der Waals surface area contributed by atoms with E-state index < -0.39 is 21.9 Å². The van der Waals surface area contributed by atoms with Crippen molar-refractivity contribution in [3.63, 3.8) is 0 Å². The Balaban J connectivity index is 2.06. The van der Waals surface area contributed by atoms with E-state index in [0.29, 0.717) is 22.3 Å². The third-order valence-corrected chi connectivity index (χ3v) is 6.02. The molecule has 0 saturated heterocycles. The minimum absolute atomic E-state index is 0.216. The Labute approximate surface area is 189 Å². The molecule has 0 aliphatic heterocycles. The normalized spacial score (nSPS) is 12.6. The molecule has 3 rings (SSSR count). The Bertz CT molecular complexity index is 1310. The van der Waals surface area contributed by atoms with Crippen molar-refractivity contribution >= 4 is 34.4 Å². The molecule has 2 aromatic heterocycles. The average molecular weight is 458 g/mol. The second kappa shape index (κ2) is 8.78. The van der Waals surface area contributed by atoms with Crippen LogP contribution in [0.1, 0.15) is 33.5 Å². The van der Waals surface area contributed by atoms with Gasteiger partial charge in [0.25, 0.3) is 5.56 Å². The van der Waals surface area contributed by atoms with E-state index in [1.807, 2.05) is 20.8 Å². The molecule has 0 radical (unpaired) electrons. The summed E-state index contributed by atoms with van der Waals surface area (Å²) in [5.74, 6) is 0.856. The highest BCUT2D eigenvalue weighted by molar-refractivity contribution is 8.00. The minimum Gasteiger partial charge on any atom is -0.497 e. The Kier molecular flexibility index (Phi) is 6.45. The number of fused-ring (bicyclic) bond motifs is 1. The number of aromatic nitrogens is 4. The van der Waals surface area contributed by atoms with E-state index in [0.717, 1.165) is 16.3 Å². The van der Waals surface area contributed by atoms with Gasteiger partial charge < -0.3 is 10.1 Å². The maximum Gasteiger partial charge on any atom is 0.332 e.